The third kappa shape index (κ3) is 24.7. The minimum Gasteiger partial charge on any atom is -0.466 e. The highest BCUT2D eigenvalue weighted by molar-refractivity contribution is 5.65. The summed E-state index contributed by atoms with van der Waals surface area (Å²) in [6.45, 7) is 11.4. The first-order valence-corrected chi connectivity index (χ1v) is 5.09. The molecule has 0 bridgehead atoms. The topological polar surface area (TPSA) is 56.8 Å². The fourth-order valence-corrected chi connectivity index (χ4v) is 0.423. The summed E-state index contributed by atoms with van der Waals surface area (Å²) in [5.41, 5.74) is 2.38. The van der Waals surface area contributed by atoms with E-state index in [9.17, 15) is 4.79 Å². The van der Waals surface area contributed by atoms with Crippen LogP contribution < -0.4 is 5.64 Å². The second-order valence-electron chi connectivity index (χ2n) is 3.34. The molecule has 0 aliphatic heterocycles. The van der Waals surface area contributed by atoms with E-state index < -0.39 is 0 Å². The number of carbonyl (C=O) groups excluding carboxylic acids is 1. The van der Waals surface area contributed by atoms with Gasteiger partial charge in [-0.1, -0.05) is 5.64 Å². The van der Waals surface area contributed by atoms with E-state index in [0.29, 0.717) is 6.61 Å². The van der Waals surface area contributed by atoms with E-state index in [2.05, 4.69) is 10.4 Å². The second-order valence-corrected chi connectivity index (χ2v) is 3.34. The number of esters is 1. The molecule has 0 amide bonds. The first kappa shape index (κ1) is 16.8. The van der Waals surface area contributed by atoms with Gasteiger partial charge in [0.15, 0.2) is 0 Å². The summed E-state index contributed by atoms with van der Waals surface area (Å²) in [5, 5.41) is 0. The Bertz CT molecular complexity index is 140. The lowest BCUT2D eigenvalue weighted by Crippen LogP contribution is -2.23. The zero-order chi connectivity index (χ0) is 12.3. The minimum atomic E-state index is -0.211. The maximum atomic E-state index is 9.82. The van der Waals surface area contributed by atoms with Crippen LogP contribution in [0.4, 0.5) is 0 Å². The lowest BCUT2D eigenvalue weighted by Gasteiger charge is -2.10. The van der Waals surface area contributed by atoms with Crippen molar-refractivity contribution < 1.29 is 19.2 Å². The van der Waals surface area contributed by atoms with Gasteiger partial charge < -0.3 is 4.74 Å². The number of rotatable bonds is 5. The van der Waals surface area contributed by atoms with Crippen LogP contribution >= 0.6 is 0 Å². The van der Waals surface area contributed by atoms with Crippen LogP contribution in [0.2, 0.25) is 0 Å². The van der Waals surface area contributed by atoms with Crippen LogP contribution in [-0.2, 0) is 19.2 Å². The quantitative estimate of drug-likeness (QED) is 0.567. The molecule has 92 valence electrons. The van der Waals surface area contributed by atoms with Crippen molar-refractivity contribution in [3.05, 3.63) is 0 Å². The van der Waals surface area contributed by atoms with Crippen LogP contribution in [0.5, 0.6) is 0 Å². The van der Waals surface area contributed by atoms with Gasteiger partial charge in [0.05, 0.1) is 18.8 Å². The number of carbonyl (C=O) groups is 1. The van der Waals surface area contributed by atoms with Crippen LogP contribution in [0, 0.1) is 0 Å². The zero-order valence-electron chi connectivity index (χ0n) is 10.5. The van der Waals surface area contributed by atoms with E-state index in [-0.39, 0.29) is 18.2 Å². The Balaban J connectivity index is 0. The normalized spacial score (nSPS) is 9.87. The molecule has 5 heteroatoms. The van der Waals surface area contributed by atoms with Crippen LogP contribution in [0.25, 0.3) is 0 Å². The Hall–Kier alpha value is -0.650. The van der Waals surface area contributed by atoms with Crippen molar-refractivity contribution in [2.75, 3.05) is 6.61 Å². The first-order valence-electron chi connectivity index (χ1n) is 5.09. The Morgan fingerprint density at radius 3 is 1.67 bits per heavy atom. The van der Waals surface area contributed by atoms with Crippen molar-refractivity contribution in [2.24, 2.45) is 0 Å². The number of hydrogen-bond acceptors (Lipinski definition) is 5. The SMILES string of the molecule is CC(C)ONOC(C)C.CCOC(C)=O. The first-order chi connectivity index (χ1) is 6.90. The Morgan fingerprint density at radius 2 is 1.53 bits per heavy atom. The highest BCUT2D eigenvalue weighted by Gasteiger charge is 1.93. The van der Waals surface area contributed by atoms with Gasteiger partial charge >= 0.3 is 5.97 Å². The summed E-state index contributed by atoms with van der Waals surface area (Å²) >= 11 is 0. The molecule has 0 saturated carbocycles. The van der Waals surface area contributed by atoms with Gasteiger partial charge in [-0.3, -0.25) is 14.5 Å². The van der Waals surface area contributed by atoms with E-state index in [1.165, 1.54) is 6.92 Å². The van der Waals surface area contributed by atoms with E-state index in [1.807, 2.05) is 27.7 Å². The summed E-state index contributed by atoms with van der Waals surface area (Å²) in [6, 6.07) is 0. The van der Waals surface area contributed by atoms with Gasteiger partial charge in [-0.2, -0.15) is 0 Å². The summed E-state index contributed by atoms with van der Waals surface area (Å²) in [7, 11) is 0. The Morgan fingerprint density at radius 1 is 1.13 bits per heavy atom. The smallest absolute Gasteiger partial charge is 0.302 e. The predicted octanol–water partition coefficient (Wildman–Crippen LogP) is 1.83. The molecule has 0 fully saturated rings. The Labute approximate surface area is 92.0 Å². The van der Waals surface area contributed by atoms with Crippen molar-refractivity contribution in [1.29, 1.82) is 0 Å². The Kier molecular flexibility index (Phi) is 12.8. The number of nitrogens with one attached hydrogen (secondary N) is 1. The average molecular weight is 221 g/mol. The highest BCUT2D eigenvalue weighted by Crippen LogP contribution is 1.85. The fourth-order valence-electron chi connectivity index (χ4n) is 0.423. The maximum absolute atomic E-state index is 9.82. The largest absolute Gasteiger partial charge is 0.466 e. The molecule has 0 aromatic heterocycles. The number of ether oxygens (including phenoxy) is 1. The molecule has 0 aromatic rings. The molecule has 0 radical (unpaired) electrons. The maximum Gasteiger partial charge on any atom is 0.302 e. The van der Waals surface area contributed by atoms with E-state index in [1.54, 1.807) is 6.92 Å². The second kappa shape index (κ2) is 11.4. The van der Waals surface area contributed by atoms with Crippen molar-refractivity contribution in [3.63, 3.8) is 0 Å². The molecule has 0 aliphatic carbocycles. The third-order valence-corrected chi connectivity index (χ3v) is 0.915. The molecule has 0 heterocycles. The summed E-state index contributed by atoms with van der Waals surface area (Å²) in [5.74, 6) is -0.211. The molecule has 0 unspecified atom stereocenters. The molecule has 0 aromatic carbocycles. The average Bonchev–Trinajstić information content (AvgIpc) is 2.03. The van der Waals surface area contributed by atoms with Gasteiger partial charge in [-0.05, 0) is 34.6 Å². The lowest BCUT2D eigenvalue weighted by molar-refractivity contribution is -0.208. The lowest BCUT2D eigenvalue weighted by atomic mass is 10.5. The van der Waals surface area contributed by atoms with Gasteiger partial charge in [-0.15, -0.1) is 0 Å². The summed E-state index contributed by atoms with van der Waals surface area (Å²) in [6.07, 6.45) is 0.312. The molecule has 0 saturated heterocycles. The van der Waals surface area contributed by atoms with Crippen LogP contribution in [0.3, 0.4) is 0 Å². The van der Waals surface area contributed by atoms with E-state index in [0.717, 1.165) is 0 Å². The molecule has 15 heavy (non-hydrogen) atoms. The summed E-state index contributed by atoms with van der Waals surface area (Å²) < 4.78 is 4.40. The molecule has 5 nitrogen and oxygen atoms in total. The fraction of sp³-hybridized carbons (Fsp3) is 0.900. The van der Waals surface area contributed by atoms with Gasteiger partial charge in [0.1, 0.15) is 0 Å². The zero-order valence-corrected chi connectivity index (χ0v) is 10.5. The number of hydrogen-bond donors (Lipinski definition) is 1. The molecule has 0 aliphatic rings. The minimum absolute atomic E-state index is 0.156. The van der Waals surface area contributed by atoms with Gasteiger partial charge in [0.2, 0.25) is 0 Å². The molecule has 0 atom stereocenters. The molecular formula is C10H23NO4. The predicted molar refractivity (Wildman–Crippen MR) is 57.9 cm³/mol. The van der Waals surface area contributed by atoms with Crippen molar-refractivity contribution >= 4 is 5.97 Å². The van der Waals surface area contributed by atoms with Crippen LogP contribution in [0.15, 0.2) is 0 Å². The third-order valence-electron chi connectivity index (χ3n) is 0.915. The van der Waals surface area contributed by atoms with Crippen molar-refractivity contribution in [1.82, 2.24) is 5.64 Å². The molecule has 0 rings (SSSR count). The van der Waals surface area contributed by atoms with Crippen LogP contribution in [0.1, 0.15) is 41.5 Å². The van der Waals surface area contributed by atoms with Crippen LogP contribution in [-0.4, -0.2) is 24.8 Å². The van der Waals surface area contributed by atoms with Gasteiger partial charge in [0.25, 0.3) is 0 Å². The van der Waals surface area contributed by atoms with Crippen molar-refractivity contribution in [3.8, 4) is 0 Å². The molecular weight excluding hydrogens is 198 g/mol. The van der Waals surface area contributed by atoms with Crippen molar-refractivity contribution in [2.45, 2.75) is 53.8 Å². The highest BCUT2D eigenvalue weighted by atomic mass is 16.9. The molecule has 1 N–H and O–H groups in total. The molecule has 0 spiro atoms. The van der Waals surface area contributed by atoms with E-state index >= 15 is 0 Å². The standard InChI is InChI=1S/C6H15NO2.C4H8O2/c1-5(2)8-7-9-6(3)4;1-3-6-4(2)5/h5-7H,1-4H3;3H2,1-2H3. The summed E-state index contributed by atoms with van der Waals surface area (Å²) in [4.78, 5) is 19.6. The van der Waals surface area contributed by atoms with Gasteiger partial charge in [0, 0.05) is 6.92 Å². The van der Waals surface area contributed by atoms with E-state index in [4.69, 9.17) is 9.68 Å². The monoisotopic (exact) mass is 221 g/mol. The van der Waals surface area contributed by atoms with Gasteiger partial charge in [-0.25, -0.2) is 0 Å².